The third-order valence-electron chi connectivity index (χ3n) is 8.51. The van der Waals surface area contributed by atoms with E-state index in [1.165, 1.54) is 24.3 Å². The molecule has 1 heterocycles. The van der Waals surface area contributed by atoms with Crippen LogP contribution >= 0.6 is 0 Å². The van der Waals surface area contributed by atoms with Crippen molar-refractivity contribution in [2.75, 3.05) is 18.0 Å². The molecule has 1 aliphatic heterocycles. The van der Waals surface area contributed by atoms with Gasteiger partial charge in [0.2, 0.25) is 0 Å². The molecule has 3 amide bonds. The van der Waals surface area contributed by atoms with Gasteiger partial charge in [-0.05, 0) is 85.4 Å². The van der Waals surface area contributed by atoms with Gasteiger partial charge < -0.3 is 20.8 Å². The summed E-state index contributed by atoms with van der Waals surface area (Å²) in [5, 5.41) is 16.5. The van der Waals surface area contributed by atoms with Crippen molar-refractivity contribution in [3.63, 3.8) is 0 Å². The van der Waals surface area contributed by atoms with Gasteiger partial charge in [0.05, 0.1) is 6.54 Å². The van der Waals surface area contributed by atoms with Crippen LogP contribution < -0.4 is 20.8 Å². The number of nitrogens with one attached hydrogen (secondary N) is 2. The normalized spacial score (nSPS) is 21.3. The Morgan fingerprint density at radius 1 is 1.07 bits per heavy atom. The summed E-state index contributed by atoms with van der Waals surface area (Å²) in [5.41, 5.74) is 1.54. The number of rotatable bonds is 7. The van der Waals surface area contributed by atoms with Crippen LogP contribution in [0.15, 0.2) is 58.9 Å². The standard InChI is InChI=1S/C30H38F3N7O3/c1-28(2,3)22-12-14-29(15-13-22)16-17-39(23-8-10-24(11-9-23)43-30(31,32)33)27(42)40(29)19-20-4-6-21(7-5-20)26(41)36-18-25(34)37-38-35/h4-11,22H,12-19H2,1-3H3,(H,36,41)(H3,34,35,37). The number of hydrogen-bond acceptors (Lipinski definition) is 5. The Balaban J connectivity index is 1.54. The maximum Gasteiger partial charge on any atom is 0.573 e. The van der Waals surface area contributed by atoms with E-state index in [4.69, 9.17) is 11.3 Å². The fourth-order valence-corrected chi connectivity index (χ4v) is 6.06. The number of nitrogens with zero attached hydrogens (tertiary/aromatic N) is 4. The van der Waals surface area contributed by atoms with Crippen LogP contribution in [0.25, 0.3) is 0 Å². The van der Waals surface area contributed by atoms with E-state index in [0.29, 0.717) is 30.3 Å². The van der Waals surface area contributed by atoms with E-state index < -0.39 is 12.3 Å². The molecule has 2 aromatic rings. The van der Waals surface area contributed by atoms with Crippen molar-refractivity contribution in [2.24, 2.45) is 27.5 Å². The minimum Gasteiger partial charge on any atom is -0.406 e. The van der Waals surface area contributed by atoms with Gasteiger partial charge in [-0.3, -0.25) is 15.1 Å². The minimum atomic E-state index is -4.80. The monoisotopic (exact) mass is 601 g/mol. The summed E-state index contributed by atoms with van der Waals surface area (Å²) < 4.78 is 42.0. The van der Waals surface area contributed by atoms with Gasteiger partial charge in [0.25, 0.3) is 5.91 Å². The zero-order valence-corrected chi connectivity index (χ0v) is 24.6. The molecule has 0 atom stereocenters. The average Bonchev–Trinajstić information content (AvgIpc) is 2.94. The highest BCUT2D eigenvalue weighted by atomic mass is 19.4. The molecule has 1 aliphatic carbocycles. The molecule has 0 bridgehead atoms. The van der Waals surface area contributed by atoms with E-state index >= 15 is 0 Å². The Morgan fingerprint density at radius 3 is 2.26 bits per heavy atom. The quantitative estimate of drug-likeness (QED) is 0.111. The van der Waals surface area contributed by atoms with Gasteiger partial charge in [-0.25, -0.2) is 4.79 Å². The SMILES string of the molecule is CC(C)(C)C1CCC2(CC1)CCN(c1ccc(OC(F)(F)F)cc1)C(=O)N2Cc1ccc(C(=O)NCC(=N)N=NN)cc1. The van der Waals surface area contributed by atoms with Crippen molar-refractivity contribution in [3.8, 4) is 5.75 Å². The minimum absolute atomic E-state index is 0.124. The van der Waals surface area contributed by atoms with E-state index in [0.717, 1.165) is 37.7 Å². The molecule has 13 heteroatoms. The van der Waals surface area contributed by atoms with Crippen LogP contribution in [-0.4, -0.2) is 47.7 Å². The van der Waals surface area contributed by atoms with Crippen molar-refractivity contribution in [3.05, 3.63) is 59.7 Å². The Morgan fingerprint density at radius 2 is 1.70 bits per heavy atom. The second-order valence-corrected chi connectivity index (χ2v) is 12.2. The summed E-state index contributed by atoms with van der Waals surface area (Å²) in [6.45, 7) is 7.38. The number of hydrogen-bond donors (Lipinski definition) is 3. The predicted molar refractivity (Wildman–Crippen MR) is 156 cm³/mol. The van der Waals surface area contributed by atoms with Crippen LogP contribution in [0.5, 0.6) is 5.75 Å². The molecule has 43 heavy (non-hydrogen) atoms. The van der Waals surface area contributed by atoms with E-state index in [-0.39, 0.29) is 35.1 Å². The average molecular weight is 602 g/mol. The van der Waals surface area contributed by atoms with Gasteiger partial charge in [-0.1, -0.05) is 38.1 Å². The topological polar surface area (TPSA) is 136 Å². The first-order chi connectivity index (χ1) is 20.2. The van der Waals surface area contributed by atoms with Crippen molar-refractivity contribution in [1.29, 1.82) is 5.41 Å². The van der Waals surface area contributed by atoms with Gasteiger partial charge in [0.1, 0.15) is 5.75 Å². The van der Waals surface area contributed by atoms with Crippen molar-refractivity contribution in [1.82, 2.24) is 10.2 Å². The highest BCUT2D eigenvalue weighted by Crippen LogP contribution is 2.47. The maximum absolute atomic E-state index is 14.1. The number of urea groups is 1. The molecule has 2 aliphatic rings. The number of carbonyl (C=O) groups is 2. The Hall–Kier alpha value is -4.16. The number of ether oxygens (including phenoxy) is 1. The molecule has 1 spiro atoms. The van der Waals surface area contributed by atoms with E-state index in [1.54, 1.807) is 29.2 Å². The lowest BCUT2D eigenvalue weighted by atomic mass is 9.65. The summed E-state index contributed by atoms with van der Waals surface area (Å²) in [5.74, 6) is 4.54. The molecule has 10 nitrogen and oxygen atoms in total. The molecule has 232 valence electrons. The first-order valence-corrected chi connectivity index (χ1v) is 14.2. The first-order valence-electron chi connectivity index (χ1n) is 14.2. The molecule has 0 radical (unpaired) electrons. The zero-order valence-electron chi connectivity index (χ0n) is 24.6. The van der Waals surface area contributed by atoms with Gasteiger partial charge in [0, 0.05) is 29.9 Å². The number of anilines is 1. The van der Waals surface area contributed by atoms with E-state index in [9.17, 15) is 22.8 Å². The summed E-state index contributed by atoms with van der Waals surface area (Å²) in [4.78, 5) is 30.1. The van der Waals surface area contributed by atoms with Gasteiger partial charge in [-0.15, -0.1) is 18.3 Å². The Labute approximate surface area is 248 Å². The number of benzene rings is 2. The van der Waals surface area contributed by atoms with Gasteiger partial charge in [0.15, 0.2) is 5.84 Å². The van der Waals surface area contributed by atoms with Gasteiger partial charge >= 0.3 is 12.4 Å². The molecule has 4 rings (SSSR count). The summed E-state index contributed by atoms with van der Waals surface area (Å²) >= 11 is 0. The van der Waals surface area contributed by atoms with Crippen LogP contribution in [0.2, 0.25) is 0 Å². The lowest BCUT2D eigenvalue weighted by Crippen LogP contribution is -2.63. The lowest BCUT2D eigenvalue weighted by Gasteiger charge is -2.54. The molecule has 0 aromatic heterocycles. The van der Waals surface area contributed by atoms with Crippen LogP contribution in [0.1, 0.15) is 68.8 Å². The maximum atomic E-state index is 14.1. The highest BCUT2D eigenvalue weighted by molar-refractivity contribution is 5.97. The smallest absolute Gasteiger partial charge is 0.406 e. The zero-order chi connectivity index (χ0) is 31.4. The molecule has 4 N–H and O–H groups in total. The summed E-state index contributed by atoms with van der Waals surface area (Å²) in [7, 11) is 0. The predicted octanol–water partition coefficient (Wildman–Crippen LogP) is 6.43. The summed E-state index contributed by atoms with van der Waals surface area (Å²) in [6, 6.07) is 12.1. The number of carbonyl (C=O) groups excluding carboxylic acids is 2. The second kappa shape index (κ2) is 12.6. The third-order valence-corrected chi connectivity index (χ3v) is 8.51. The number of amides is 3. The molecule has 0 unspecified atom stereocenters. The Kier molecular flexibility index (Phi) is 9.31. The molecule has 2 fully saturated rings. The largest absolute Gasteiger partial charge is 0.573 e. The number of amidine groups is 1. The molecule has 1 saturated carbocycles. The molecular weight excluding hydrogens is 563 g/mol. The number of nitrogens with two attached hydrogens (primary N) is 1. The Bertz CT molecular complexity index is 1330. The second-order valence-electron chi connectivity index (χ2n) is 12.2. The number of alkyl halides is 3. The van der Waals surface area contributed by atoms with Crippen LogP contribution in [0, 0.1) is 16.7 Å². The fraction of sp³-hybridized carbons (Fsp3) is 0.500. The highest BCUT2D eigenvalue weighted by Gasteiger charge is 2.48. The van der Waals surface area contributed by atoms with Crippen LogP contribution in [-0.2, 0) is 6.54 Å². The van der Waals surface area contributed by atoms with Crippen molar-refractivity contribution in [2.45, 2.75) is 71.3 Å². The van der Waals surface area contributed by atoms with Gasteiger partial charge in [-0.2, -0.15) is 0 Å². The fourth-order valence-electron chi connectivity index (χ4n) is 6.06. The molecular formula is C30H38F3N7O3. The molecule has 2 aromatic carbocycles. The van der Waals surface area contributed by atoms with Crippen LogP contribution in [0.3, 0.4) is 0 Å². The number of halogens is 3. The van der Waals surface area contributed by atoms with E-state index in [1.807, 2.05) is 4.90 Å². The van der Waals surface area contributed by atoms with E-state index in [2.05, 4.69) is 41.2 Å². The third kappa shape index (κ3) is 7.82. The lowest BCUT2D eigenvalue weighted by molar-refractivity contribution is -0.274. The van der Waals surface area contributed by atoms with Crippen LogP contribution in [0.4, 0.5) is 23.7 Å². The van der Waals surface area contributed by atoms with Crippen molar-refractivity contribution >= 4 is 23.5 Å². The molecule has 1 saturated heterocycles. The first kappa shape index (κ1) is 31.8. The summed E-state index contributed by atoms with van der Waals surface area (Å²) in [6.07, 6.45) is -0.363. The van der Waals surface area contributed by atoms with Crippen molar-refractivity contribution < 1.29 is 27.5 Å².